The van der Waals surface area contributed by atoms with Crippen LogP contribution in [0.5, 0.6) is 0 Å². The molecule has 3 rings (SSSR count). The predicted molar refractivity (Wildman–Crippen MR) is 77.2 cm³/mol. The van der Waals surface area contributed by atoms with E-state index in [0.717, 1.165) is 26.8 Å². The lowest BCUT2D eigenvalue weighted by atomic mass is 10.2. The zero-order chi connectivity index (χ0) is 13.4. The molecule has 0 saturated heterocycles. The van der Waals surface area contributed by atoms with Crippen LogP contribution in [0.4, 0.5) is 5.69 Å². The van der Waals surface area contributed by atoms with Crippen molar-refractivity contribution in [2.45, 2.75) is 6.54 Å². The number of rotatable bonds is 3. The van der Waals surface area contributed by atoms with Gasteiger partial charge in [0.25, 0.3) is 0 Å². The first-order valence-corrected chi connectivity index (χ1v) is 6.54. The van der Waals surface area contributed by atoms with Crippen molar-refractivity contribution < 1.29 is 0 Å². The van der Waals surface area contributed by atoms with Crippen molar-refractivity contribution >= 4 is 32.7 Å². The topological polar surface area (TPSA) is 78.5 Å². The van der Waals surface area contributed by atoms with Gasteiger partial charge in [0, 0.05) is 29.8 Å². The normalized spacial score (nSPS) is 11.1. The monoisotopic (exact) mass is 321 g/mol. The lowest BCUT2D eigenvalue weighted by Crippen LogP contribution is -1.99. The summed E-state index contributed by atoms with van der Waals surface area (Å²) in [5.41, 5.74) is 3.38. The summed E-state index contributed by atoms with van der Waals surface area (Å²) in [6.07, 6.45) is 3.77. The van der Waals surface area contributed by atoms with Gasteiger partial charge < -0.3 is 15.3 Å². The molecular formula is C12H12BrN5O. The molecule has 3 N–H and O–H groups in total. The van der Waals surface area contributed by atoms with Crippen LogP contribution in [-0.2, 0) is 13.6 Å². The molecule has 0 saturated carbocycles. The second-order valence-corrected chi connectivity index (χ2v) is 5.19. The van der Waals surface area contributed by atoms with Crippen LogP contribution < -0.4 is 11.0 Å². The van der Waals surface area contributed by atoms with Gasteiger partial charge in [0.15, 0.2) is 0 Å². The van der Waals surface area contributed by atoms with Gasteiger partial charge >= 0.3 is 5.69 Å². The first-order valence-electron chi connectivity index (χ1n) is 5.75. The average Bonchev–Trinajstić information content (AvgIpc) is 2.91. The summed E-state index contributed by atoms with van der Waals surface area (Å²) in [6.45, 7) is 0.673. The highest BCUT2D eigenvalue weighted by molar-refractivity contribution is 9.10. The molecule has 0 amide bonds. The molecule has 19 heavy (non-hydrogen) atoms. The molecule has 2 aromatic heterocycles. The number of H-pyrrole nitrogens is 2. The number of hydrogen-bond acceptors (Lipinski definition) is 3. The van der Waals surface area contributed by atoms with Gasteiger partial charge in [0.2, 0.25) is 0 Å². The summed E-state index contributed by atoms with van der Waals surface area (Å²) in [6, 6.07) is 3.77. The zero-order valence-corrected chi connectivity index (χ0v) is 11.8. The van der Waals surface area contributed by atoms with Crippen molar-refractivity contribution in [2.75, 3.05) is 5.32 Å². The summed E-state index contributed by atoms with van der Waals surface area (Å²) in [5, 5.41) is 7.42. The van der Waals surface area contributed by atoms with E-state index in [9.17, 15) is 4.79 Å². The molecule has 2 heterocycles. The third-order valence-electron chi connectivity index (χ3n) is 2.84. The summed E-state index contributed by atoms with van der Waals surface area (Å²) >= 11 is 3.49. The lowest BCUT2D eigenvalue weighted by molar-refractivity contribution is 0.767. The third-order valence-corrected chi connectivity index (χ3v) is 3.50. The van der Waals surface area contributed by atoms with Crippen LogP contribution in [-0.4, -0.2) is 19.7 Å². The van der Waals surface area contributed by atoms with Gasteiger partial charge in [0.1, 0.15) is 0 Å². The van der Waals surface area contributed by atoms with Crippen LogP contribution in [0.15, 0.2) is 33.8 Å². The van der Waals surface area contributed by atoms with Gasteiger partial charge in [-0.05, 0) is 28.1 Å². The second kappa shape index (κ2) is 4.58. The molecule has 0 unspecified atom stereocenters. The fraction of sp³-hybridized carbons (Fsp3) is 0.167. The van der Waals surface area contributed by atoms with E-state index in [1.54, 1.807) is 4.68 Å². The Morgan fingerprint density at radius 1 is 1.37 bits per heavy atom. The molecular weight excluding hydrogens is 310 g/mol. The van der Waals surface area contributed by atoms with Crippen LogP contribution in [0.3, 0.4) is 0 Å². The number of hydrogen-bond donors (Lipinski definition) is 3. The van der Waals surface area contributed by atoms with E-state index in [1.807, 2.05) is 31.6 Å². The highest BCUT2D eigenvalue weighted by Crippen LogP contribution is 2.26. The number of aromatic amines is 2. The maximum atomic E-state index is 11.2. The molecule has 0 aliphatic heterocycles. The van der Waals surface area contributed by atoms with Crippen LogP contribution in [0.1, 0.15) is 5.56 Å². The summed E-state index contributed by atoms with van der Waals surface area (Å²) in [5.74, 6) is 0. The van der Waals surface area contributed by atoms with E-state index in [0.29, 0.717) is 6.54 Å². The van der Waals surface area contributed by atoms with E-state index in [1.165, 1.54) is 0 Å². The molecule has 98 valence electrons. The van der Waals surface area contributed by atoms with E-state index in [4.69, 9.17) is 0 Å². The van der Waals surface area contributed by atoms with E-state index in [-0.39, 0.29) is 5.69 Å². The molecule has 0 bridgehead atoms. The number of anilines is 1. The second-order valence-electron chi connectivity index (χ2n) is 4.33. The van der Waals surface area contributed by atoms with Crippen molar-refractivity contribution in [3.8, 4) is 0 Å². The number of imidazole rings is 1. The molecule has 0 spiro atoms. The SMILES string of the molecule is Cn1cc(CNc2cc3[nH]c(=O)[nH]c3cc2Br)cn1. The predicted octanol–water partition coefficient (Wildman–Crippen LogP) is 1.96. The minimum atomic E-state index is -0.202. The molecule has 0 atom stereocenters. The Hall–Kier alpha value is -2.02. The molecule has 7 heteroatoms. The molecule has 3 aromatic rings. The number of aromatic nitrogens is 4. The number of halogens is 1. The van der Waals surface area contributed by atoms with E-state index in [2.05, 4.69) is 36.3 Å². The van der Waals surface area contributed by atoms with Crippen molar-refractivity contribution in [2.24, 2.45) is 7.05 Å². The molecule has 0 fully saturated rings. The summed E-state index contributed by atoms with van der Waals surface area (Å²) < 4.78 is 2.66. The Balaban J connectivity index is 1.87. The van der Waals surface area contributed by atoms with Gasteiger partial charge in [-0.1, -0.05) is 0 Å². The van der Waals surface area contributed by atoms with Gasteiger partial charge in [-0.3, -0.25) is 4.68 Å². The fourth-order valence-electron chi connectivity index (χ4n) is 1.95. The van der Waals surface area contributed by atoms with Crippen molar-refractivity contribution in [1.29, 1.82) is 0 Å². The first-order chi connectivity index (χ1) is 9.11. The van der Waals surface area contributed by atoms with Gasteiger partial charge in [-0.2, -0.15) is 5.10 Å². The Morgan fingerprint density at radius 3 is 2.79 bits per heavy atom. The number of nitrogens with zero attached hydrogens (tertiary/aromatic N) is 2. The lowest BCUT2D eigenvalue weighted by Gasteiger charge is -2.07. The summed E-state index contributed by atoms with van der Waals surface area (Å²) in [7, 11) is 1.88. The molecule has 0 aliphatic carbocycles. The third kappa shape index (κ3) is 2.41. The number of nitrogens with one attached hydrogen (secondary N) is 3. The van der Waals surface area contributed by atoms with Crippen LogP contribution in [0.2, 0.25) is 0 Å². The molecule has 1 aromatic carbocycles. The Bertz CT molecular complexity index is 785. The highest BCUT2D eigenvalue weighted by Gasteiger charge is 2.05. The molecule has 0 radical (unpaired) electrons. The minimum absolute atomic E-state index is 0.202. The standard InChI is InChI=1S/C12H12BrN5O/c1-18-6-7(5-15-18)4-14-9-3-11-10(2-8(9)13)16-12(19)17-11/h2-3,5-6,14H,4H2,1H3,(H2,16,17,19). The maximum Gasteiger partial charge on any atom is 0.323 e. The van der Waals surface area contributed by atoms with Crippen LogP contribution in [0.25, 0.3) is 11.0 Å². The first kappa shape index (κ1) is 12.0. The van der Waals surface area contributed by atoms with Crippen molar-refractivity contribution in [3.63, 3.8) is 0 Å². The minimum Gasteiger partial charge on any atom is -0.380 e. The molecule has 6 nitrogen and oxygen atoms in total. The van der Waals surface area contributed by atoms with Gasteiger partial charge in [-0.15, -0.1) is 0 Å². The fourth-order valence-corrected chi connectivity index (χ4v) is 2.44. The zero-order valence-electron chi connectivity index (χ0n) is 10.2. The average molecular weight is 322 g/mol. The smallest absolute Gasteiger partial charge is 0.323 e. The maximum absolute atomic E-state index is 11.2. The van der Waals surface area contributed by atoms with Crippen LogP contribution >= 0.6 is 15.9 Å². The highest BCUT2D eigenvalue weighted by atomic mass is 79.9. The van der Waals surface area contributed by atoms with Crippen molar-refractivity contribution in [1.82, 2.24) is 19.7 Å². The van der Waals surface area contributed by atoms with Gasteiger partial charge in [-0.25, -0.2) is 4.79 Å². The summed E-state index contributed by atoms with van der Waals surface area (Å²) in [4.78, 5) is 16.7. The van der Waals surface area contributed by atoms with Gasteiger partial charge in [0.05, 0.1) is 22.9 Å². The number of fused-ring (bicyclic) bond motifs is 1. The van der Waals surface area contributed by atoms with Crippen LogP contribution in [0, 0.1) is 0 Å². The molecule has 0 aliphatic rings. The Labute approximate surface area is 117 Å². The number of benzene rings is 1. The van der Waals surface area contributed by atoms with E-state index >= 15 is 0 Å². The van der Waals surface area contributed by atoms with E-state index < -0.39 is 0 Å². The quantitative estimate of drug-likeness (QED) is 0.690. The Kier molecular flexibility index (Phi) is 2.90. The largest absolute Gasteiger partial charge is 0.380 e. The number of aryl methyl sites for hydroxylation is 1. The van der Waals surface area contributed by atoms with Crippen molar-refractivity contribution in [3.05, 3.63) is 45.0 Å². The Morgan fingerprint density at radius 2 is 2.11 bits per heavy atom.